The molecule has 0 aliphatic carbocycles. The molecule has 1 amide bonds. The fourth-order valence-electron chi connectivity index (χ4n) is 4.18. The van der Waals surface area contributed by atoms with Crippen molar-refractivity contribution in [1.29, 1.82) is 0 Å². The second kappa shape index (κ2) is 6.97. The Balaban J connectivity index is 1.58. The van der Waals surface area contributed by atoms with Gasteiger partial charge in [0.05, 0.1) is 8.07 Å². The topological polar surface area (TPSA) is 75.6 Å². The highest BCUT2D eigenvalue weighted by molar-refractivity contribution is 6.80. The Bertz CT molecular complexity index is 588. The third kappa shape index (κ3) is 3.64. The van der Waals surface area contributed by atoms with Crippen LogP contribution in [0.25, 0.3) is 0 Å². The molecule has 1 aromatic rings. The maximum atomic E-state index is 12.1. The first-order valence-corrected chi connectivity index (χ1v) is 11.6. The van der Waals surface area contributed by atoms with Crippen molar-refractivity contribution in [2.75, 3.05) is 0 Å². The smallest absolute Gasteiger partial charge is 0.408 e. The maximum Gasteiger partial charge on any atom is 0.408 e. The average molecular weight is 347 g/mol. The van der Waals surface area contributed by atoms with Gasteiger partial charge in [-0.1, -0.05) is 67.3 Å². The molecular formula is C18H25NO4Si. The molecule has 2 aliphatic heterocycles. The zero-order valence-electron chi connectivity index (χ0n) is 13.9. The van der Waals surface area contributed by atoms with Crippen molar-refractivity contribution in [3.8, 4) is 0 Å². The first-order chi connectivity index (χ1) is 11.5. The minimum atomic E-state index is -1.23. The number of ether oxygens (including phenoxy) is 1. The van der Waals surface area contributed by atoms with Crippen LogP contribution in [-0.2, 0) is 16.1 Å². The van der Waals surface area contributed by atoms with Gasteiger partial charge in [-0.3, -0.25) is 0 Å². The van der Waals surface area contributed by atoms with E-state index in [1.807, 2.05) is 30.3 Å². The number of hydrogen-bond acceptors (Lipinski definition) is 3. The van der Waals surface area contributed by atoms with Gasteiger partial charge >= 0.3 is 12.1 Å². The van der Waals surface area contributed by atoms with Crippen LogP contribution in [0, 0.1) is 0 Å². The third-order valence-corrected chi connectivity index (χ3v) is 11.2. The van der Waals surface area contributed by atoms with E-state index in [0.29, 0.717) is 12.8 Å². The van der Waals surface area contributed by atoms with Crippen LogP contribution in [-0.4, -0.2) is 30.8 Å². The first-order valence-electron chi connectivity index (χ1n) is 8.76. The van der Waals surface area contributed by atoms with Crippen LogP contribution in [0.1, 0.15) is 31.2 Å². The molecule has 0 unspecified atom stereocenters. The third-order valence-electron chi connectivity index (χ3n) is 5.79. The largest absolute Gasteiger partial charge is 0.480 e. The normalized spacial score (nSPS) is 21.3. The molecule has 1 spiro atoms. The van der Waals surface area contributed by atoms with E-state index in [-0.39, 0.29) is 6.61 Å². The molecule has 2 fully saturated rings. The lowest BCUT2D eigenvalue weighted by atomic mass is 9.92. The van der Waals surface area contributed by atoms with Crippen molar-refractivity contribution >= 4 is 20.1 Å². The molecule has 24 heavy (non-hydrogen) atoms. The highest BCUT2D eigenvalue weighted by atomic mass is 28.3. The fraction of sp³-hybridized carbons (Fsp3) is 0.556. The summed E-state index contributed by atoms with van der Waals surface area (Å²) in [5.74, 6) is -0.930. The van der Waals surface area contributed by atoms with Crippen LogP contribution in [0.4, 0.5) is 4.79 Å². The molecule has 2 heterocycles. The van der Waals surface area contributed by atoms with Crippen LogP contribution in [0.15, 0.2) is 30.3 Å². The Kier molecular flexibility index (Phi) is 4.94. The molecule has 2 N–H and O–H groups in total. The summed E-state index contributed by atoms with van der Waals surface area (Å²) in [5.41, 5.74) is -0.257. The molecule has 6 heteroatoms. The van der Waals surface area contributed by atoms with Gasteiger partial charge in [0.15, 0.2) is 0 Å². The molecule has 2 aliphatic rings. The minimum absolute atomic E-state index is 0.154. The fourth-order valence-corrected chi connectivity index (χ4v) is 9.59. The van der Waals surface area contributed by atoms with E-state index < -0.39 is 25.7 Å². The summed E-state index contributed by atoms with van der Waals surface area (Å²) in [6.45, 7) is 0.154. The molecular weight excluding hydrogens is 322 g/mol. The lowest BCUT2D eigenvalue weighted by Gasteiger charge is -2.41. The van der Waals surface area contributed by atoms with Gasteiger partial charge in [0, 0.05) is 0 Å². The highest BCUT2D eigenvalue weighted by Gasteiger charge is 2.50. The number of aliphatic carboxylic acids is 1. The van der Waals surface area contributed by atoms with Gasteiger partial charge in [0.1, 0.15) is 12.1 Å². The van der Waals surface area contributed by atoms with Gasteiger partial charge in [-0.05, 0) is 18.4 Å². The number of alkyl carbamates (subject to hydrolysis) is 1. The van der Waals surface area contributed by atoms with E-state index in [0.717, 1.165) is 17.7 Å². The van der Waals surface area contributed by atoms with Gasteiger partial charge < -0.3 is 15.2 Å². The summed E-state index contributed by atoms with van der Waals surface area (Å²) in [4.78, 5) is 24.0. The Morgan fingerprint density at radius 3 is 2.29 bits per heavy atom. The van der Waals surface area contributed by atoms with E-state index in [2.05, 4.69) is 5.32 Å². The van der Waals surface area contributed by atoms with Gasteiger partial charge in [0.25, 0.3) is 0 Å². The van der Waals surface area contributed by atoms with Crippen LogP contribution in [0.3, 0.4) is 0 Å². The standard InChI is InChI=1S/C18H25NO4Si/c20-16(21)18(8-12-24(13-9-18)10-4-5-11-24)19-17(22)23-14-15-6-2-1-3-7-15/h1-3,6-7H,4-5,8-14H2,(H,19,22)(H,20,21). The molecule has 3 rings (SSSR count). The molecule has 0 bridgehead atoms. The first kappa shape index (κ1) is 17.0. The SMILES string of the molecule is O=C(NC1(C(=O)O)CC[Si]2(CCCC2)CC1)OCc1ccccc1. The quantitative estimate of drug-likeness (QED) is 0.813. The van der Waals surface area contributed by atoms with Crippen molar-refractivity contribution < 1.29 is 19.4 Å². The summed E-state index contributed by atoms with van der Waals surface area (Å²) >= 11 is 0. The number of carboxylic acid groups (broad SMARTS) is 1. The van der Waals surface area contributed by atoms with Crippen molar-refractivity contribution in [2.24, 2.45) is 0 Å². The Labute approximate surface area is 143 Å². The number of amides is 1. The van der Waals surface area contributed by atoms with Gasteiger partial charge in [-0.25, -0.2) is 9.59 Å². The number of carbonyl (C=O) groups is 2. The maximum absolute atomic E-state index is 12.1. The lowest BCUT2D eigenvalue weighted by Crippen LogP contribution is -2.58. The Morgan fingerprint density at radius 2 is 1.71 bits per heavy atom. The van der Waals surface area contributed by atoms with Crippen molar-refractivity contribution in [1.82, 2.24) is 5.32 Å². The van der Waals surface area contributed by atoms with Crippen LogP contribution in [0.5, 0.6) is 0 Å². The summed E-state index contributed by atoms with van der Waals surface area (Å²) < 4.78 is 5.22. The molecule has 2 saturated heterocycles. The monoisotopic (exact) mass is 347 g/mol. The molecule has 0 aromatic heterocycles. The summed E-state index contributed by atoms with van der Waals surface area (Å²) in [7, 11) is -1.23. The Hall–Kier alpha value is -1.82. The van der Waals surface area contributed by atoms with Crippen molar-refractivity contribution in [2.45, 2.75) is 62.0 Å². The van der Waals surface area contributed by atoms with E-state index >= 15 is 0 Å². The van der Waals surface area contributed by atoms with Crippen LogP contribution >= 0.6 is 0 Å². The lowest BCUT2D eigenvalue weighted by molar-refractivity contribution is -0.145. The minimum Gasteiger partial charge on any atom is -0.480 e. The van der Waals surface area contributed by atoms with Gasteiger partial charge in [-0.15, -0.1) is 0 Å². The van der Waals surface area contributed by atoms with E-state index in [4.69, 9.17) is 4.74 Å². The zero-order valence-corrected chi connectivity index (χ0v) is 14.9. The number of carboxylic acids is 1. The zero-order chi connectivity index (χ0) is 17.0. The van der Waals surface area contributed by atoms with E-state index in [9.17, 15) is 14.7 Å². The molecule has 0 saturated carbocycles. The second-order valence-corrected chi connectivity index (χ2v) is 12.3. The Morgan fingerprint density at radius 1 is 1.08 bits per heavy atom. The molecule has 1 aromatic carbocycles. The number of rotatable bonds is 4. The number of nitrogens with one attached hydrogen (secondary N) is 1. The van der Waals surface area contributed by atoms with Crippen LogP contribution in [0.2, 0.25) is 24.2 Å². The second-order valence-electron chi connectivity index (χ2n) is 7.28. The molecule has 130 valence electrons. The molecule has 5 nitrogen and oxygen atoms in total. The summed E-state index contributed by atoms with van der Waals surface area (Å²) in [6, 6.07) is 14.1. The predicted molar refractivity (Wildman–Crippen MR) is 93.6 cm³/mol. The van der Waals surface area contributed by atoms with E-state index in [1.165, 1.54) is 24.9 Å². The molecule has 0 atom stereocenters. The van der Waals surface area contributed by atoms with Crippen molar-refractivity contribution in [3.63, 3.8) is 0 Å². The number of benzene rings is 1. The number of hydrogen-bond donors (Lipinski definition) is 2. The average Bonchev–Trinajstić information content (AvgIpc) is 3.05. The van der Waals surface area contributed by atoms with Gasteiger partial charge in [0.2, 0.25) is 0 Å². The van der Waals surface area contributed by atoms with Gasteiger partial charge in [-0.2, -0.15) is 0 Å². The molecule has 0 radical (unpaired) electrons. The van der Waals surface area contributed by atoms with E-state index in [1.54, 1.807) is 0 Å². The highest BCUT2D eigenvalue weighted by Crippen LogP contribution is 2.45. The van der Waals surface area contributed by atoms with Crippen molar-refractivity contribution in [3.05, 3.63) is 35.9 Å². The van der Waals surface area contributed by atoms with Crippen LogP contribution < -0.4 is 5.32 Å². The predicted octanol–water partition coefficient (Wildman–Crippen LogP) is 3.77. The summed E-state index contributed by atoms with van der Waals surface area (Å²) in [6.07, 6.45) is 3.08. The number of carbonyl (C=O) groups excluding carboxylic acids is 1. The summed E-state index contributed by atoms with van der Waals surface area (Å²) in [5, 5.41) is 12.4.